The molecule has 304 valence electrons. The summed E-state index contributed by atoms with van der Waals surface area (Å²) in [5.74, 6) is 0. The molecule has 8 aromatic carbocycles. The Hall–Kier alpha value is -7.82. The summed E-state index contributed by atoms with van der Waals surface area (Å²) in [6.07, 6.45) is 18.2. The van der Waals surface area contributed by atoms with Crippen molar-refractivity contribution in [1.82, 2.24) is 0 Å². The van der Waals surface area contributed by atoms with Crippen molar-refractivity contribution in [3.63, 3.8) is 0 Å². The molecule has 2 aliphatic carbocycles. The molecule has 0 bridgehead atoms. The quantitative estimate of drug-likeness (QED) is 0.141. The number of fused-ring (bicyclic) bond motifs is 4. The molecule has 12 rings (SSSR count). The fraction of sp³-hybridized carbons (Fsp3) is 0.0667. The summed E-state index contributed by atoms with van der Waals surface area (Å²) < 4.78 is 0. The molecule has 0 spiro atoms. The van der Waals surface area contributed by atoms with Gasteiger partial charge in [-0.05, 0) is 154 Å². The molecular weight excluding hydrogens is 773 g/mol. The van der Waals surface area contributed by atoms with Crippen molar-refractivity contribution in [2.24, 2.45) is 0 Å². The number of hydrogen-bond donors (Lipinski definition) is 0. The minimum atomic E-state index is -0.00279. The Balaban J connectivity index is 1.07. The summed E-state index contributed by atoms with van der Waals surface area (Å²) in [6.45, 7) is -0.00279. The highest BCUT2D eigenvalue weighted by atomic mass is 15.2. The van der Waals surface area contributed by atoms with Crippen LogP contribution in [0.3, 0.4) is 0 Å². The maximum atomic E-state index is 2.53. The van der Waals surface area contributed by atoms with E-state index in [-0.39, 0.29) is 6.71 Å². The molecule has 2 aliphatic heterocycles. The summed E-state index contributed by atoms with van der Waals surface area (Å²) in [6, 6.07) is 71.9. The molecule has 0 radical (unpaired) electrons. The standard InChI is InChI=1S/C60H46BN3/c1-6-18-43(19-7-1)45-32-34-46(35-33-45)48-36-38-54-58(41-48)64(52-29-16-22-47(40-52)44-20-8-2-9-21-44)57-31-17-30-56-60(57)61(54)55-39-37-53(42-59(55)63(56)51-27-14-5-15-28-51)62(49-23-10-3-11-24-49)50-25-12-4-13-26-50/h3-6,8,10-42H,1-2,7,9H2. The molecule has 4 aliphatic rings. The zero-order chi connectivity index (χ0) is 42.4. The summed E-state index contributed by atoms with van der Waals surface area (Å²) in [4.78, 5) is 7.40. The molecule has 0 N–H and O–H groups in total. The Morgan fingerprint density at radius 3 is 1.53 bits per heavy atom. The average Bonchev–Trinajstić information content (AvgIpc) is 3.37. The van der Waals surface area contributed by atoms with Crippen molar-refractivity contribution in [3.8, 4) is 11.1 Å². The number of benzene rings is 8. The van der Waals surface area contributed by atoms with E-state index in [1.54, 1.807) is 0 Å². The molecular formula is C60H46BN3. The predicted octanol–water partition coefficient (Wildman–Crippen LogP) is 14.4. The third kappa shape index (κ3) is 6.62. The van der Waals surface area contributed by atoms with E-state index in [0.717, 1.165) is 54.1 Å². The van der Waals surface area contributed by atoms with E-state index in [9.17, 15) is 0 Å². The minimum Gasteiger partial charge on any atom is -0.311 e. The van der Waals surface area contributed by atoms with Gasteiger partial charge in [-0.2, -0.15) is 0 Å². The summed E-state index contributed by atoms with van der Waals surface area (Å²) in [5.41, 5.74) is 21.8. The first kappa shape index (κ1) is 37.9. The smallest absolute Gasteiger partial charge is 0.252 e. The van der Waals surface area contributed by atoms with Gasteiger partial charge < -0.3 is 14.7 Å². The second-order valence-corrected chi connectivity index (χ2v) is 17.1. The van der Waals surface area contributed by atoms with Crippen LogP contribution in [0, 0.1) is 0 Å². The van der Waals surface area contributed by atoms with Crippen molar-refractivity contribution in [2.75, 3.05) is 14.7 Å². The van der Waals surface area contributed by atoms with Gasteiger partial charge >= 0.3 is 0 Å². The van der Waals surface area contributed by atoms with Gasteiger partial charge in [-0.3, -0.25) is 0 Å². The lowest BCUT2D eigenvalue weighted by Crippen LogP contribution is -2.61. The van der Waals surface area contributed by atoms with E-state index in [0.29, 0.717) is 0 Å². The highest BCUT2D eigenvalue weighted by Crippen LogP contribution is 2.47. The highest BCUT2D eigenvalue weighted by molar-refractivity contribution is 7.00. The molecule has 0 amide bonds. The minimum absolute atomic E-state index is 0.00279. The van der Waals surface area contributed by atoms with Gasteiger partial charge in [0.2, 0.25) is 0 Å². The predicted molar refractivity (Wildman–Crippen MR) is 273 cm³/mol. The Morgan fingerprint density at radius 1 is 0.359 bits per heavy atom. The molecule has 4 heteroatoms. The van der Waals surface area contributed by atoms with Crippen molar-refractivity contribution in [1.29, 1.82) is 0 Å². The van der Waals surface area contributed by atoms with Gasteiger partial charge in [-0.1, -0.05) is 152 Å². The largest absolute Gasteiger partial charge is 0.311 e. The fourth-order valence-corrected chi connectivity index (χ4v) is 10.3. The average molecular weight is 820 g/mol. The zero-order valence-corrected chi connectivity index (χ0v) is 35.7. The number of hydrogen-bond acceptors (Lipinski definition) is 3. The monoisotopic (exact) mass is 819 g/mol. The Bertz CT molecular complexity index is 3130. The molecule has 2 heterocycles. The van der Waals surface area contributed by atoms with Gasteiger partial charge in [0.1, 0.15) is 0 Å². The maximum Gasteiger partial charge on any atom is 0.252 e. The van der Waals surface area contributed by atoms with Crippen LogP contribution < -0.4 is 31.1 Å². The van der Waals surface area contributed by atoms with E-state index < -0.39 is 0 Å². The number of nitrogens with zero attached hydrogens (tertiary/aromatic N) is 3. The SMILES string of the molecule is C1=CC(c2ccc(-c3ccc4c(c3)N(c3cccc(C5=CCCC=C5)c3)c3cccc5c3B4c3ccc(N(c4ccccc4)c4ccccc4)cc3N5c3ccccc3)cc2)=CCC1. The zero-order valence-electron chi connectivity index (χ0n) is 35.7. The Morgan fingerprint density at radius 2 is 0.891 bits per heavy atom. The van der Waals surface area contributed by atoms with Crippen LogP contribution in [0.1, 0.15) is 36.8 Å². The van der Waals surface area contributed by atoms with Crippen LogP contribution in [0.5, 0.6) is 0 Å². The van der Waals surface area contributed by atoms with E-state index >= 15 is 0 Å². The molecule has 3 nitrogen and oxygen atoms in total. The molecule has 0 atom stereocenters. The molecule has 0 fully saturated rings. The van der Waals surface area contributed by atoms with Crippen LogP contribution in [0.25, 0.3) is 22.3 Å². The number of rotatable bonds is 8. The van der Waals surface area contributed by atoms with Crippen molar-refractivity contribution in [2.45, 2.75) is 25.7 Å². The van der Waals surface area contributed by atoms with Crippen LogP contribution in [-0.2, 0) is 0 Å². The molecule has 0 saturated heterocycles. The van der Waals surface area contributed by atoms with Crippen LogP contribution in [-0.4, -0.2) is 6.71 Å². The molecule has 0 aromatic heterocycles. The Kier molecular flexibility index (Phi) is 9.56. The van der Waals surface area contributed by atoms with Gasteiger partial charge in [0, 0.05) is 51.2 Å². The Labute approximate surface area is 377 Å². The second kappa shape index (κ2) is 16.1. The van der Waals surface area contributed by atoms with Crippen LogP contribution in [0.15, 0.2) is 231 Å². The number of para-hydroxylation sites is 3. The first-order valence-corrected chi connectivity index (χ1v) is 22.7. The lowest BCUT2D eigenvalue weighted by Gasteiger charge is -2.44. The summed E-state index contributed by atoms with van der Waals surface area (Å²) >= 11 is 0. The topological polar surface area (TPSA) is 9.72 Å². The van der Waals surface area contributed by atoms with Crippen LogP contribution in [0.4, 0.5) is 51.2 Å². The van der Waals surface area contributed by atoms with Crippen molar-refractivity contribution < 1.29 is 0 Å². The summed E-state index contributed by atoms with van der Waals surface area (Å²) in [7, 11) is 0. The third-order valence-corrected chi connectivity index (χ3v) is 13.3. The molecule has 0 saturated carbocycles. The van der Waals surface area contributed by atoms with Gasteiger partial charge in [0.25, 0.3) is 6.71 Å². The first-order valence-electron chi connectivity index (χ1n) is 22.7. The first-order chi connectivity index (χ1) is 31.8. The number of anilines is 9. The van der Waals surface area contributed by atoms with Crippen molar-refractivity contribution in [3.05, 3.63) is 242 Å². The molecule has 0 unspecified atom stereocenters. The number of allylic oxidation sites excluding steroid dienone is 8. The van der Waals surface area contributed by atoms with Gasteiger partial charge in [0.15, 0.2) is 0 Å². The lowest BCUT2D eigenvalue weighted by atomic mass is 9.33. The summed E-state index contributed by atoms with van der Waals surface area (Å²) in [5, 5.41) is 0. The molecule has 8 aromatic rings. The second-order valence-electron chi connectivity index (χ2n) is 17.1. The van der Waals surface area contributed by atoms with Crippen LogP contribution in [0.2, 0.25) is 0 Å². The normalized spacial score (nSPS) is 14.6. The fourth-order valence-electron chi connectivity index (χ4n) is 10.3. The molecule has 64 heavy (non-hydrogen) atoms. The van der Waals surface area contributed by atoms with Gasteiger partial charge in [-0.15, -0.1) is 0 Å². The van der Waals surface area contributed by atoms with Crippen molar-refractivity contribution >= 4 is 85.4 Å². The van der Waals surface area contributed by atoms with Gasteiger partial charge in [0.05, 0.1) is 0 Å². The van der Waals surface area contributed by atoms with E-state index in [1.165, 1.54) is 72.5 Å². The van der Waals surface area contributed by atoms with Crippen LogP contribution >= 0.6 is 0 Å². The maximum absolute atomic E-state index is 2.53. The van der Waals surface area contributed by atoms with E-state index in [4.69, 9.17) is 0 Å². The van der Waals surface area contributed by atoms with E-state index in [1.807, 2.05) is 0 Å². The lowest BCUT2D eigenvalue weighted by molar-refractivity contribution is 1.04. The van der Waals surface area contributed by atoms with Gasteiger partial charge in [-0.25, -0.2) is 0 Å². The highest BCUT2D eigenvalue weighted by Gasteiger charge is 2.43. The van der Waals surface area contributed by atoms with E-state index in [2.05, 4.69) is 245 Å². The third-order valence-electron chi connectivity index (χ3n) is 13.3.